The fourth-order valence-electron chi connectivity index (χ4n) is 2.50. The Kier molecular flexibility index (Phi) is 4.98. The van der Waals surface area contributed by atoms with E-state index in [1.54, 1.807) is 30.3 Å². The third kappa shape index (κ3) is 4.13. The highest BCUT2D eigenvalue weighted by Crippen LogP contribution is 2.20. The van der Waals surface area contributed by atoms with Gasteiger partial charge in [0, 0.05) is 17.9 Å². The molecule has 2 atom stereocenters. The lowest BCUT2D eigenvalue weighted by molar-refractivity contribution is -0.119. The van der Waals surface area contributed by atoms with E-state index in [1.807, 2.05) is 0 Å². The molecule has 25 heavy (non-hydrogen) atoms. The molecule has 0 aromatic heterocycles. The molecule has 1 heterocycles. The number of carbonyl (C=O) groups is 1. The molecule has 9 heteroatoms. The second kappa shape index (κ2) is 7.18. The van der Waals surface area contributed by atoms with Crippen LogP contribution in [0.15, 0.2) is 54.6 Å². The first-order valence-corrected chi connectivity index (χ1v) is 9.12. The van der Waals surface area contributed by atoms with Gasteiger partial charge in [0.2, 0.25) is 5.91 Å². The number of hydrogen-bond acceptors (Lipinski definition) is 5. The van der Waals surface area contributed by atoms with Gasteiger partial charge < -0.3 is 5.32 Å². The molecule has 1 aliphatic rings. The van der Waals surface area contributed by atoms with Crippen molar-refractivity contribution >= 4 is 27.3 Å². The summed E-state index contributed by atoms with van der Waals surface area (Å²) in [6, 6.07) is 13.7. The lowest BCUT2D eigenvalue weighted by Crippen LogP contribution is -2.45. The summed E-state index contributed by atoms with van der Waals surface area (Å²) in [4.78, 5) is 12.4. The molecule has 0 aliphatic carbocycles. The van der Waals surface area contributed by atoms with Gasteiger partial charge in [0.25, 0.3) is 10.0 Å². The van der Waals surface area contributed by atoms with Crippen molar-refractivity contribution in [3.63, 3.8) is 0 Å². The minimum Gasteiger partial charge on any atom is -0.326 e. The summed E-state index contributed by atoms with van der Waals surface area (Å²) in [5.41, 5.74) is 6.13. The summed E-state index contributed by atoms with van der Waals surface area (Å²) in [6.45, 7) is 0.146. The van der Waals surface area contributed by atoms with Crippen LogP contribution in [0.1, 0.15) is 0 Å². The first-order chi connectivity index (χ1) is 12.0. The smallest absolute Gasteiger partial charge is 0.250 e. The van der Waals surface area contributed by atoms with Gasteiger partial charge in [-0.2, -0.15) is 0 Å². The third-order valence-corrected chi connectivity index (χ3v) is 5.38. The maximum absolute atomic E-state index is 12.9. The van der Waals surface area contributed by atoms with Crippen molar-refractivity contribution in [3.8, 4) is 0 Å². The standard InChI is InChI=1S/C16H17FN4O3S/c17-11-6-8-12(9-7-11)19-15(22)14-10-18-20-16(14)25(23,24)21-13-4-2-1-3-5-13/h1-9,14,16,18,20-21H,10H2,(H,19,22). The Bertz CT molecular complexity index is 843. The van der Waals surface area contributed by atoms with Crippen molar-refractivity contribution < 1.29 is 17.6 Å². The maximum atomic E-state index is 12.9. The summed E-state index contributed by atoms with van der Waals surface area (Å²) < 4.78 is 40.5. The summed E-state index contributed by atoms with van der Waals surface area (Å²) in [6.07, 6.45) is 0. The Hall–Kier alpha value is -2.49. The number of benzene rings is 2. The van der Waals surface area contributed by atoms with Gasteiger partial charge in [0.05, 0.1) is 5.92 Å². The van der Waals surface area contributed by atoms with Crippen molar-refractivity contribution in [3.05, 3.63) is 60.4 Å². The van der Waals surface area contributed by atoms with E-state index in [4.69, 9.17) is 0 Å². The average molecular weight is 364 g/mol. The quantitative estimate of drug-likeness (QED) is 0.640. The molecule has 2 unspecified atom stereocenters. The van der Waals surface area contributed by atoms with Gasteiger partial charge in [-0.25, -0.2) is 18.2 Å². The van der Waals surface area contributed by atoms with Crippen LogP contribution in [0, 0.1) is 11.7 Å². The molecule has 1 saturated heterocycles. The van der Waals surface area contributed by atoms with Crippen LogP contribution in [0.5, 0.6) is 0 Å². The van der Waals surface area contributed by atoms with Crippen LogP contribution in [-0.4, -0.2) is 26.2 Å². The Morgan fingerprint density at radius 1 is 1.04 bits per heavy atom. The molecule has 2 aromatic carbocycles. The number of anilines is 2. The van der Waals surface area contributed by atoms with Gasteiger partial charge in [-0.1, -0.05) is 18.2 Å². The van der Waals surface area contributed by atoms with E-state index in [-0.39, 0.29) is 6.54 Å². The average Bonchev–Trinajstić information content (AvgIpc) is 3.08. The van der Waals surface area contributed by atoms with Crippen LogP contribution < -0.4 is 20.9 Å². The van der Waals surface area contributed by atoms with E-state index in [1.165, 1.54) is 24.3 Å². The molecule has 0 radical (unpaired) electrons. The monoisotopic (exact) mass is 364 g/mol. The molecule has 2 aromatic rings. The van der Waals surface area contributed by atoms with E-state index in [0.717, 1.165) is 0 Å². The largest absolute Gasteiger partial charge is 0.326 e. The van der Waals surface area contributed by atoms with Crippen molar-refractivity contribution in [1.29, 1.82) is 0 Å². The number of para-hydroxylation sites is 1. The van der Waals surface area contributed by atoms with E-state index in [2.05, 4.69) is 20.9 Å². The summed E-state index contributed by atoms with van der Waals surface area (Å²) in [5, 5.41) is 1.45. The Morgan fingerprint density at radius 3 is 2.40 bits per heavy atom. The number of halogens is 1. The number of carbonyl (C=O) groups excluding carboxylic acids is 1. The third-order valence-electron chi connectivity index (χ3n) is 3.75. The minimum absolute atomic E-state index is 0.146. The molecule has 0 saturated carbocycles. The molecule has 3 rings (SSSR count). The molecule has 7 nitrogen and oxygen atoms in total. The molecular formula is C16H17FN4O3S. The van der Waals surface area contributed by atoms with Gasteiger partial charge in [-0.15, -0.1) is 0 Å². The Balaban J connectivity index is 1.73. The van der Waals surface area contributed by atoms with Crippen molar-refractivity contribution in [1.82, 2.24) is 10.9 Å². The molecular weight excluding hydrogens is 347 g/mol. The molecule has 1 amide bonds. The lowest BCUT2D eigenvalue weighted by Gasteiger charge is -2.19. The number of rotatable bonds is 5. The molecule has 0 spiro atoms. The summed E-state index contributed by atoms with van der Waals surface area (Å²) in [5.74, 6) is -1.76. The highest BCUT2D eigenvalue weighted by molar-refractivity contribution is 7.93. The van der Waals surface area contributed by atoms with E-state index < -0.39 is 33.0 Å². The first kappa shape index (κ1) is 17.3. The van der Waals surface area contributed by atoms with Gasteiger partial charge in [0.1, 0.15) is 5.82 Å². The predicted molar refractivity (Wildman–Crippen MR) is 92.4 cm³/mol. The molecule has 1 aliphatic heterocycles. The SMILES string of the molecule is O=C(Nc1ccc(F)cc1)C1CNNC1S(=O)(=O)Nc1ccccc1. The van der Waals surface area contributed by atoms with Crippen molar-refractivity contribution in [2.45, 2.75) is 5.37 Å². The van der Waals surface area contributed by atoms with Crippen LogP contribution in [-0.2, 0) is 14.8 Å². The zero-order valence-corrected chi connectivity index (χ0v) is 13.9. The number of hydrazine groups is 1. The van der Waals surface area contributed by atoms with Gasteiger partial charge >= 0.3 is 0 Å². The highest BCUT2D eigenvalue weighted by atomic mass is 32.2. The normalized spacial score (nSPS) is 20.2. The summed E-state index contributed by atoms with van der Waals surface area (Å²) >= 11 is 0. The number of amides is 1. The fourth-order valence-corrected chi connectivity index (χ4v) is 3.99. The number of hydrogen-bond donors (Lipinski definition) is 4. The zero-order valence-electron chi connectivity index (χ0n) is 13.1. The van der Waals surface area contributed by atoms with Crippen LogP contribution in [0.4, 0.5) is 15.8 Å². The Labute approximate surface area is 144 Å². The molecule has 1 fully saturated rings. The van der Waals surface area contributed by atoms with Gasteiger partial charge in [-0.05, 0) is 36.4 Å². The lowest BCUT2D eigenvalue weighted by atomic mass is 10.1. The van der Waals surface area contributed by atoms with E-state index >= 15 is 0 Å². The van der Waals surface area contributed by atoms with Crippen LogP contribution >= 0.6 is 0 Å². The molecule has 4 N–H and O–H groups in total. The second-order valence-electron chi connectivity index (χ2n) is 5.56. The predicted octanol–water partition coefficient (Wildman–Crippen LogP) is 1.26. The molecule has 0 bridgehead atoms. The number of sulfonamides is 1. The highest BCUT2D eigenvalue weighted by Gasteiger charge is 2.41. The topological polar surface area (TPSA) is 99.3 Å². The van der Waals surface area contributed by atoms with Crippen molar-refractivity contribution in [2.75, 3.05) is 16.6 Å². The maximum Gasteiger partial charge on any atom is 0.250 e. The van der Waals surface area contributed by atoms with Crippen molar-refractivity contribution in [2.24, 2.45) is 5.92 Å². The first-order valence-electron chi connectivity index (χ1n) is 7.57. The molecule has 132 valence electrons. The van der Waals surface area contributed by atoms with Crippen LogP contribution in [0.2, 0.25) is 0 Å². The van der Waals surface area contributed by atoms with Crippen LogP contribution in [0.25, 0.3) is 0 Å². The van der Waals surface area contributed by atoms with Gasteiger partial charge in [-0.3, -0.25) is 14.9 Å². The van der Waals surface area contributed by atoms with E-state index in [0.29, 0.717) is 11.4 Å². The minimum atomic E-state index is -3.85. The number of nitrogens with one attached hydrogen (secondary N) is 4. The fraction of sp³-hybridized carbons (Fsp3) is 0.188. The summed E-state index contributed by atoms with van der Waals surface area (Å²) in [7, 11) is -3.85. The van der Waals surface area contributed by atoms with E-state index in [9.17, 15) is 17.6 Å². The van der Waals surface area contributed by atoms with Crippen LogP contribution in [0.3, 0.4) is 0 Å². The zero-order chi connectivity index (χ0) is 17.9. The Morgan fingerprint density at radius 2 is 1.72 bits per heavy atom. The second-order valence-corrected chi connectivity index (χ2v) is 7.36. The van der Waals surface area contributed by atoms with Gasteiger partial charge in [0.15, 0.2) is 5.37 Å².